The maximum Gasteiger partial charge on any atom is 0.411 e. The molecule has 0 fully saturated rings. The fourth-order valence-corrected chi connectivity index (χ4v) is 13.4. The number of halogens is 38. The lowest BCUT2D eigenvalue weighted by molar-refractivity contribution is -0.290. The van der Waals surface area contributed by atoms with Crippen LogP contribution in [0.2, 0.25) is 0 Å². The van der Waals surface area contributed by atoms with E-state index in [1.165, 1.54) is 0 Å². The maximum atomic E-state index is 15.4. The van der Waals surface area contributed by atoms with Crippen LogP contribution in [-0.2, 0) is 41.7 Å². The smallest absolute Gasteiger partial charge is 0.411 e. The minimum atomic E-state index is -6.20. The SMILES string of the molecule is CC(F)(F)CC(F)(F)CC(F)(F)CC(F)(F)c1ccc(N)cc1.CC(F)(F)CC(F)(F)CC(F)(F)CC(F)(F)c1ccc(N2COc3ccc(C(c4ccc5c(c4)CN(c4ccc(C(F)(F)CC(F)(F)CC(F)(F)CC(F)(F)C(F)F)cc4)CO5)(C(F)(F)F)C(F)(F)F)cc3C2)cc1.Oc1ccc(C(c2ccc(O)cc2)(C(F)(F)F)C(F)(F)F)cc1. The van der Waals surface area contributed by atoms with Crippen LogP contribution < -0.4 is 25.0 Å². The number of hydrogen-bond donors (Lipinski definition) is 3. The van der Waals surface area contributed by atoms with Crippen molar-refractivity contribution in [3.63, 3.8) is 0 Å². The Labute approximate surface area is 659 Å². The van der Waals surface area contributed by atoms with Crippen LogP contribution >= 0.6 is 0 Å². The molecule has 0 aliphatic carbocycles. The summed E-state index contributed by atoms with van der Waals surface area (Å²) in [6, 6.07) is 18.1. The number of rotatable bonds is 28. The second-order valence-electron chi connectivity index (χ2n) is 28.9. The summed E-state index contributed by atoms with van der Waals surface area (Å²) in [5, 5.41) is 18.3. The van der Waals surface area contributed by atoms with E-state index in [1.54, 1.807) is 0 Å². The first-order valence-electron chi connectivity index (χ1n) is 34.4. The average Bonchev–Trinajstić information content (AvgIpc) is 0.711. The van der Waals surface area contributed by atoms with E-state index in [9.17, 15) is 132 Å². The third-order valence-corrected chi connectivity index (χ3v) is 18.4. The summed E-state index contributed by atoms with van der Waals surface area (Å²) < 4.78 is 542. The van der Waals surface area contributed by atoms with Crippen LogP contribution in [0.5, 0.6) is 23.0 Å². The fraction of sp³-hybridized carbons (Fsp3) is 0.447. The Hall–Kier alpha value is -9.52. The second-order valence-corrected chi connectivity index (χ2v) is 28.9. The molecule has 2 aliphatic heterocycles. The molecule has 121 heavy (non-hydrogen) atoms. The van der Waals surface area contributed by atoms with E-state index in [0.29, 0.717) is 72.8 Å². The van der Waals surface area contributed by atoms with Gasteiger partial charge >= 0.3 is 37.1 Å². The summed E-state index contributed by atoms with van der Waals surface area (Å²) in [6.45, 7) is -2.00. The van der Waals surface area contributed by atoms with Crippen molar-refractivity contribution in [1.29, 1.82) is 0 Å². The molecule has 0 unspecified atom stereocenters. The molecule has 0 saturated carbocycles. The van der Waals surface area contributed by atoms with Crippen molar-refractivity contribution >= 4 is 17.1 Å². The number of hydrogen-bond acceptors (Lipinski definition) is 7. The second kappa shape index (κ2) is 34.3. The van der Waals surface area contributed by atoms with Gasteiger partial charge < -0.3 is 35.2 Å². The van der Waals surface area contributed by atoms with Crippen molar-refractivity contribution in [3.8, 4) is 23.0 Å². The van der Waals surface area contributed by atoms with E-state index in [1.807, 2.05) is 0 Å². The summed E-state index contributed by atoms with van der Waals surface area (Å²) in [7, 11) is 0. The van der Waals surface area contributed by atoms with Crippen LogP contribution in [0.25, 0.3) is 0 Å². The first-order chi connectivity index (χ1) is 54.6. The van der Waals surface area contributed by atoms with Crippen LogP contribution in [0.15, 0.2) is 158 Å². The molecule has 0 atom stereocenters. The average molecular weight is 1800 g/mol. The van der Waals surface area contributed by atoms with Crippen LogP contribution in [0, 0.1) is 0 Å². The molecule has 0 aromatic heterocycles. The summed E-state index contributed by atoms with van der Waals surface area (Å²) >= 11 is 0. The van der Waals surface area contributed by atoms with Crippen molar-refractivity contribution in [1.82, 2.24) is 0 Å². The highest BCUT2D eigenvalue weighted by molar-refractivity contribution is 5.58. The van der Waals surface area contributed by atoms with E-state index in [4.69, 9.17) is 25.4 Å². The van der Waals surface area contributed by atoms with Gasteiger partial charge in [-0.2, -0.15) is 52.7 Å². The molecule has 45 heteroatoms. The van der Waals surface area contributed by atoms with Gasteiger partial charge in [-0.05, 0) is 121 Å². The number of phenols is 2. The van der Waals surface area contributed by atoms with Gasteiger partial charge in [0, 0.05) is 58.0 Å². The van der Waals surface area contributed by atoms with Crippen molar-refractivity contribution in [2.45, 2.75) is 198 Å². The topological polar surface area (TPSA) is 91.4 Å². The molecule has 2 heterocycles. The monoisotopic (exact) mass is 1800 g/mol. The quantitative estimate of drug-likeness (QED) is 0.0332. The Morgan fingerprint density at radius 2 is 0.545 bits per heavy atom. The van der Waals surface area contributed by atoms with Gasteiger partial charge in [0.05, 0.1) is 57.8 Å². The van der Waals surface area contributed by atoms with E-state index in [2.05, 4.69) is 0 Å². The molecule has 0 saturated heterocycles. The molecule has 7 aromatic rings. The standard InChI is InChI=1S/C47H38F24N2O2.C15H10F6O2.C14H15F8N/c1-37(50,51)18-38(52,53)19-39(54,55)21-42(60,61)28-2-8-32(9-3-28)72-16-26-14-30(6-12-34(26)74-24-72)45(46(66,67)68,47(69,70)71)31-7-13-35-27(15-31)17-73(25-75-35)33-10-4-29(5-11-33)43(62,63)22-40(56,57)20-41(58,59)23-44(64,65)36(48)49;16-14(17,18)13(15(19,20)21,9-1-5-11(22)6-2-9)10-3-7-12(23)8-4-10;1-11(15,16)6-12(17,18)7-13(19,20)8-14(21,22)9-2-4-10(23)5-3-9/h2-15,36H,16-25H2,1H3;1-8,22-23H;2-5H,6-8,23H2,1H3. The first-order valence-corrected chi connectivity index (χ1v) is 34.4. The molecule has 4 N–H and O–H groups in total. The summed E-state index contributed by atoms with van der Waals surface area (Å²) in [5.41, 5.74) is -12.9. The Balaban J connectivity index is 0.000000352. The molecular weight excluding hydrogens is 1740 g/mol. The molecule has 7 aromatic carbocycles. The number of anilines is 3. The minimum absolute atomic E-state index is 0.0225. The van der Waals surface area contributed by atoms with E-state index in [-0.39, 0.29) is 53.5 Å². The first kappa shape index (κ1) is 98.6. The van der Waals surface area contributed by atoms with Gasteiger partial charge in [-0.15, -0.1) is 0 Å². The lowest BCUT2D eigenvalue weighted by atomic mass is 9.72. The fourth-order valence-electron chi connectivity index (χ4n) is 13.4. The van der Waals surface area contributed by atoms with Crippen molar-refractivity contribution in [2.24, 2.45) is 0 Å². The van der Waals surface area contributed by atoms with Crippen LogP contribution in [0.3, 0.4) is 0 Å². The molecule has 9 rings (SSSR count). The summed E-state index contributed by atoms with van der Waals surface area (Å²) in [6.07, 6.45) is -51.4. The number of nitrogen functional groups attached to an aromatic ring is 1. The molecule has 0 radical (unpaired) electrons. The third kappa shape index (κ3) is 24.5. The van der Waals surface area contributed by atoms with Gasteiger partial charge in [-0.3, -0.25) is 0 Å². The Kier molecular flexibility index (Phi) is 27.9. The van der Waals surface area contributed by atoms with Crippen LogP contribution in [0.4, 0.5) is 184 Å². The van der Waals surface area contributed by atoms with E-state index in [0.717, 1.165) is 94.7 Å². The van der Waals surface area contributed by atoms with Crippen LogP contribution in [0.1, 0.15) is 122 Å². The highest BCUT2D eigenvalue weighted by Gasteiger charge is 2.74. The zero-order chi connectivity index (χ0) is 92.0. The lowest BCUT2D eigenvalue weighted by Crippen LogP contribution is -2.55. The highest BCUT2D eigenvalue weighted by Crippen LogP contribution is 2.60. The zero-order valence-electron chi connectivity index (χ0n) is 61.3. The number of phenolic OH excluding ortho intramolecular Hbond substituents is 2. The lowest BCUT2D eigenvalue weighted by Gasteiger charge is -2.40. The third-order valence-electron chi connectivity index (χ3n) is 18.4. The minimum Gasteiger partial charge on any atom is -0.508 e. The molecule has 0 amide bonds. The summed E-state index contributed by atoms with van der Waals surface area (Å²) in [5.74, 6) is -57.0. The molecular formula is C76H63F38N3O4. The van der Waals surface area contributed by atoms with Gasteiger partial charge in [0.15, 0.2) is 13.5 Å². The molecule has 672 valence electrons. The largest absolute Gasteiger partial charge is 0.508 e. The number of aromatic hydroxyl groups is 2. The molecule has 7 nitrogen and oxygen atoms in total. The molecule has 0 bridgehead atoms. The number of nitrogens with zero attached hydrogens (tertiary/aromatic N) is 2. The van der Waals surface area contributed by atoms with Gasteiger partial charge in [-0.25, -0.2) is 114 Å². The van der Waals surface area contributed by atoms with Gasteiger partial charge in [0.1, 0.15) is 23.0 Å². The Morgan fingerprint density at radius 3 is 0.810 bits per heavy atom. The Bertz CT molecular complexity index is 4520. The normalized spacial score (nSPS) is 15.0. The number of alkyl halides is 38. The summed E-state index contributed by atoms with van der Waals surface area (Å²) in [4.78, 5) is 2.21. The van der Waals surface area contributed by atoms with E-state index < -0.39 is 248 Å². The Morgan fingerprint density at radius 1 is 0.306 bits per heavy atom. The number of nitrogens with two attached hydrogens (primary N) is 1. The van der Waals surface area contributed by atoms with Gasteiger partial charge in [0.2, 0.25) is 10.8 Å². The van der Waals surface area contributed by atoms with Gasteiger partial charge in [0.25, 0.3) is 65.1 Å². The van der Waals surface area contributed by atoms with Crippen molar-refractivity contribution < 1.29 is 187 Å². The van der Waals surface area contributed by atoms with Crippen molar-refractivity contribution in [2.75, 3.05) is 29.0 Å². The number of fused-ring (bicyclic) bond motifs is 2. The van der Waals surface area contributed by atoms with Crippen molar-refractivity contribution in [3.05, 3.63) is 208 Å². The van der Waals surface area contributed by atoms with E-state index >= 15 is 35.1 Å². The predicted octanol–water partition coefficient (Wildman–Crippen LogP) is 26.4. The predicted molar refractivity (Wildman–Crippen MR) is 357 cm³/mol. The molecule has 0 spiro atoms. The van der Waals surface area contributed by atoms with Gasteiger partial charge in [-0.1, -0.05) is 72.8 Å². The highest BCUT2D eigenvalue weighted by atomic mass is 19.4. The zero-order valence-corrected chi connectivity index (χ0v) is 61.3. The maximum absolute atomic E-state index is 15.4. The molecule has 2 aliphatic rings. The van der Waals surface area contributed by atoms with Crippen LogP contribution in [-0.4, -0.2) is 108 Å². The number of benzene rings is 7. The number of ether oxygens (including phenoxy) is 2.